The molecule has 2 amide bonds. The zero-order valence-electron chi connectivity index (χ0n) is 6.47. The highest BCUT2D eigenvalue weighted by Crippen LogP contribution is 2.15. The van der Waals surface area contributed by atoms with Gasteiger partial charge in [0.25, 0.3) is 11.8 Å². The van der Waals surface area contributed by atoms with Crippen molar-refractivity contribution in [3.63, 3.8) is 0 Å². The number of carbonyl (C=O) groups is 2. The fourth-order valence-corrected chi connectivity index (χ4v) is 1.20. The third-order valence-corrected chi connectivity index (χ3v) is 1.79. The Kier molecular flexibility index (Phi) is 1.27. The van der Waals surface area contributed by atoms with E-state index in [4.69, 9.17) is 0 Å². The summed E-state index contributed by atoms with van der Waals surface area (Å²) < 4.78 is 0. The normalized spacial score (nSPS) is 14.4. The molecule has 1 N–H and O–H groups in total. The van der Waals surface area contributed by atoms with Gasteiger partial charge in [-0.2, -0.15) is 0 Å². The molecule has 0 spiro atoms. The van der Waals surface area contributed by atoms with Crippen molar-refractivity contribution in [2.45, 2.75) is 6.92 Å². The minimum atomic E-state index is -0.348. The maximum Gasteiger partial charge on any atom is 0.259 e. The van der Waals surface area contributed by atoms with Crippen LogP contribution in [0.2, 0.25) is 0 Å². The SMILES string of the molecule is Cc1[c]c2c(cc1)C(=O)NC2=O. The molecule has 1 aromatic rings. The second-order valence-electron chi connectivity index (χ2n) is 2.71. The summed E-state index contributed by atoms with van der Waals surface area (Å²) in [7, 11) is 0. The highest BCUT2D eigenvalue weighted by Gasteiger charge is 2.26. The third-order valence-electron chi connectivity index (χ3n) is 1.79. The van der Waals surface area contributed by atoms with Gasteiger partial charge in [0.1, 0.15) is 0 Å². The van der Waals surface area contributed by atoms with Crippen LogP contribution in [-0.2, 0) is 0 Å². The number of nitrogens with one attached hydrogen (secondary N) is 1. The van der Waals surface area contributed by atoms with E-state index in [1.54, 1.807) is 12.1 Å². The molecule has 0 fully saturated rings. The third kappa shape index (κ3) is 0.830. The monoisotopic (exact) mass is 160 g/mol. The molecule has 59 valence electrons. The smallest absolute Gasteiger partial charge is 0.259 e. The second-order valence-corrected chi connectivity index (χ2v) is 2.71. The van der Waals surface area contributed by atoms with Crippen molar-refractivity contribution in [3.8, 4) is 0 Å². The van der Waals surface area contributed by atoms with Crippen molar-refractivity contribution >= 4 is 11.8 Å². The Morgan fingerprint density at radius 3 is 2.75 bits per heavy atom. The average molecular weight is 160 g/mol. The van der Waals surface area contributed by atoms with Crippen molar-refractivity contribution in [2.24, 2.45) is 0 Å². The van der Waals surface area contributed by atoms with E-state index in [2.05, 4.69) is 11.4 Å². The minimum absolute atomic E-state index is 0.328. The minimum Gasteiger partial charge on any atom is -0.288 e. The van der Waals surface area contributed by atoms with Crippen molar-refractivity contribution in [3.05, 3.63) is 34.9 Å². The number of hydrogen-bond acceptors (Lipinski definition) is 2. The molecule has 0 bridgehead atoms. The Hall–Kier alpha value is -1.64. The number of fused-ring (bicyclic) bond motifs is 1. The van der Waals surface area contributed by atoms with Crippen LogP contribution in [0.15, 0.2) is 12.1 Å². The largest absolute Gasteiger partial charge is 0.288 e. The number of imide groups is 1. The molecule has 0 unspecified atom stereocenters. The van der Waals surface area contributed by atoms with E-state index >= 15 is 0 Å². The van der Waals surface area contributed by atoms with Gasteiger partial charge in [-0.25, -0.2) is 0 Å². The number of aryl methyl sites for hydroxylation is 1. The van der Waals surface area contributed by atoms with E-state index in [-0.39, 0.29) is 11.8 Å². The average Bonchev–Trinajstić information content (AvgIpc) is 2.28. The van der Waals surface area contributed by atoms with E-state index in [0.29, 0.717) is 11.1 Å². The van der Waals surface area contributed by atoms with Crippen molar-refractivity contribution in [2.75, 3.05) is 0 Å². The molecular formula is C9H6NO2. The fraction of sp³-hybridized carbons (Fsp3) is 0.111. The number of hydrogen-bond donors (Lipinski definition) is 1. The molecule has 2 rings (SSSR count). The molecular weight excluding hydrogens is 154 g/mol. The number of rotatable bonds is 0. The Labute approximate surface area is 69.4 Å². The second kappa shape index (κ2) is 2.17. The van der Waals surface area contributed by atoms with Crippen LogP contribution in [0.25, 0.3) is 0 Å². The maximum atomic E-state index is 11.1. The standard InChI is InChI=1S/C9H6NO2/c1-5-2-3-6-7(4-5)9(12)10-8(6)11/h2-3H,1H3,(H,10,11,12). The van der Waals surface area contributed by atoms with Crippen LogP contribution in [0.5, 0.6) is 0 Å². The van der Waals surface area contributed by atoms with Gasteiger partial charge in [0, 0.05) is 0 Å². The molecule has 0 atom stereocenters. The number of carbonyl (C=O) groups excluding carboxylic acids is 2. The quantitative estimate of drug-likeness (QED) is 0.567. The summed E-state index contributed by atoms with van der Waals surface area (Å²) in [5, 5.41) is 2.20. The molecule has 1 radical (unpaired) electrons. The fourth-order valence-electron chi connectivity index (χ4n) is 1.20. The number of amides is 2. The van der Waals surface area contributed by atoms with Crippen LogP contribution in [0.4, 0.5) is 0 Å². The predicted octanol–water partition coefficient (Wildman–Crippen LogP) is 0.679. The van der Waals surface area contributed by atoms with Gasteiger partial charge < -0.3 is 0 Å². The molecule has 1 aliphatic rings. The molecule has 1 aromatic carbocycles. The van der Waals surface area contributed by atoms with E-state index in [0.717, 1.165) is 5.56 Å². The van der Waals surface area contributed by atoms with Gasteiger partial charge >= 0.3 is 0 Å². The van der Waals surface area contributed by atoms with Gasteiger partial charge in [0.05, 0.1) is 11.1 Å². The Morgan fingerprint density at radius 2 is 2.00 bits per heavy atom. The van der Waals surface area contributed by atoms with Gasteiger partial charge in [-0.05, 0) is 24.6 Å². The summed E-state index contributed by atoms with van der Waals surface area (Å²) in [5.41, 5.74) is 1.64. The van der Waals surface area contributed by atoms with Gasteiger partial charge in [-0.1, -0.05) is 6.07 Å². The summed E-state index contributed by atoms with van der Waals surface area (Å²) in [4.78, 5) is 22.1. The van der Waals surface area contributed by atoms with Crippen LogP contribution in [-0.4, -0.2) is 11.8 Å². The molecule has 1 aliphatic heterocycles. The molecule has 12 heavy (non-hydrogen) atoms. The van der Waals surface area contributed by atoms with Crippen molar-refractivity contribution in [1.29, 1.82) is 0 Å². The lowest BCUT2D eigenvalue weighted by atomic mass is 10.1. The Balaban J connectivity index is 2.68. The first-order valence-corrected chi connectivity index (χ1v) is 3.57. The topological polar surface area (TPSA) is 46.2 Å². The Bertz CT molecular complexity index is 382. The maximum absolute atomic E-state index is 11.1. The van der Waals surface area contributed by atoms with Crippen LogP contribution in [0.3, 0.4) is 0 Å². The van der Waals surface area contributed by atoms with Gasteiger partial charge in [-0.15, -0.1) is 0 Å². The summed E-state index contributed by atoms with van der Waals surface area (Å²) in [6.45, 7) is 1.83. The van der Waals surface area contributed by atoms with E-state index in [1.807, 2.05) is 6.92 Å². The first-order valence-electron chi connectivity index (χ1n) is 3.57. The first kappa shape index (κ1) is 7.03. The van der Waals surface area contributed by atoms with Crippen LogP contribution in [0, 0.1) is 13.0 Å². The molecule has 0 saturated heterocycles. The molecule has 0 aliphatic carbocycles. The van der Waals surface area contributed by atoms with Gasteiger partial charge in [0.2, 0.25) is 0 Å². The lowest BCUT2D eigenvalue weighted by molar-refractivity contribution is 0.0879. The summed E-state index contributed by atoms with van der Waals surface area (Å²) >= 11 is 0. The van der Waals surface area contributed by atoms with E-state index in [9.17, 15) is 9.59 Å². The zero-order chi connectivity index (χ0) is 8.72. The predicted molar refractivity (Wildman–Crippen MR) is 41.8 cm³/mol. The van der Waals surface area contributed by atoms with Gasteiger partial charge in [-0.3, -0.25) is 14.9 Å². The summed E-state index contributed by atoms with van der Waals surface area (Å²) in [6, 6.07) is 6.24. The summed E-state index contributed by atoms with van der Waals surface area (Å²) in [6.07, 6.45) is 0. The lowest BCUT2D eigenvalue weighted by Gasteiger charge is -1.93. The molecule has 0 saturated carbocycles. The van der Waals surface area contributed by atoms with Crippen molar-refractivity contribution < 1.29 is 9.59 Å². The highest BCUT2D eigenvalue weighted by atomic mass is 16.2. The van der Waals surface area contributed by atoms with Crippen molar-refractivity contribution in [1.82, 2.24) is 5.32 Å². The Morgan fingerprint density at radius 1 is 1.25 bits per heavy atom. The van der Waals surface area contributed by atoms with E-state index in [1.165, 1.54) is 0 Å². The van der Waals surface area contributed by atoms with E-state index < -0.39 is 0 Å². The summed E-state index contributed by atoms with van der Waals surface area (Å²) in [5.74, 6) is -0.676. The van der Waals surface area contributed by atoms with Crippen LogP contribution >= 0.6 is 0 Å². The first-order chi connectivity index (χ1) is 5.68. The molecule has 3 heteroatoms. The van der Waals surface area contributed by atoms with Gasteiger partial charge in [0.15, 0.2) is 0 Å². The zero-order valence-corrected chi connectivity index (χ0v) is 6.47. The number of benzene rings is 1. The highest BCUT2D eigenvalue weighted by molar-refractivity contribution is 6.21. The van der Waals surface area contributed by atoms with Crippen LogP contribution < -0.4 is 5.32 Å². The lowest BCUT2D eigenvalue weighted by Crippen LogP contribution is -2.19. The molecule has 3 nitrogen and oxygen atoms in total. The van der Waals surface area contributed by atoms with Crippen LogP contribution in [0.1, 0.15) is 26.3 Å². The molecule has 0 aromatic heterocycles. The molecule has 1 heterocycles.